The lowest BCUT2D eigenvalue weighted by Gasteiger charge is -2.20. The lowest BCUT2D eigenvalue weighted by molar-refractivity contribution is 0.0592. The number of rotatable bonds is 3. The summed E-state index contributed by atoms with van der Waals surface area (Å²) in [6, 6.07) is 5.41. The summed E-state index contributed by atoms with van der Waals surface area (Å²) in [5.41, 5.74) is 1.19. The summed E-state index contributed by atoms with van der Waals surface area (Å²) >= 11 is 1.99. The minimum Gasteiger partial charge on any atom is -0.464 e. The van der Waals surface area contributed by atoms with Gasteiger partial charge in [0.2, 0.25) is 0 Å². The number of thioether (sulfide) groups is 1. The summed E-state index contributed by atoms with van der Waals surface area (Å²) in [4.78, 5) is 11.9. The Morgan fingerprint density at radius 2 is 2.35 bits per heavy atom. The Bertz CT molecular complexity index is 620. The molecule has 0 spiro atoms. The number of hydrogen-bond acceptors (Lipinski definition) is 5. The Morgan fingerprint density at radius 3 is 3.10 bits per heavy atom. The summed E-state index contributed by atoms with van der Waals surface area (Å²) in [7, 11) is 1.39. The van der Waals surface area contributed by atoms with Gasteiger partial charge in [-0.2, -0.15) is 11.8 Å². The minimum atomic E-state index is -0.354. The van der Waals surface area contributed by atoms with Crippen molar-refractivity contribution in [1.82, 2.24) is 14.6 Å². The first-order valence-electron chi connectivity index (χ1n) is 6.82. The predicted molar refractivity (Wildman–Crippen MR) is 78.1 cm³/mol. The largest absolute Gasteiger partial charge is 0.464 e. The van der Waals surface area contributed by atoms with E-state index in [-0.39, 0.29) is 5.97 Å². The Morgan fingerprint density at radius 1 is 1.45 bits per heavy atom. The van der Waals surface area contributed by atoms with Crippen LogP contribution in [0.2, 0.25) is 0 Å². The lowest BCUT2D eigenvalue weighted by Crippen LogP contribution is -2.16. The monoisotopic (exact) mass is 291 g/mol. The zero-order valence-corrected chi connectivity index (χ0v) is 12.2. The molecule has 20 heavy (non-hydrogen) atoms. The SMILES string of the molecule is COC(=O)c1cccc2nnc(CC3CCCCS3)n12. The highest BCUT2D eigenvalue weighted by Gasteiger charge is 2.20. The Balaban J connectivity index is 1.96. The normalized spacial score (nSPS) is 19.1. The van der Waals surface area contributed by atoms with E-state index in [1.165, 1.54) is 32.1 Å². The third-order valence-corrected chi connectivity index (χ3v) is 4.97. The van der Waals surface area contributed by atoms with Crippen molar-refractivity contribution in [2.45, 2.75) is 30.9 Å². The molecule has 106 valence electrons. The van der Waals surface area contributed by atoms with E-state index in [4.69, 9.17) is 4.74 Å². The van der Waals surface area contributed by atoms with Gasteiger partial charge in [0.05, 0.1) is 7.11 Å². The predicted octanol–water partition coefficient (Wildman–Crippen LogP) is 2.34. The van der Waals surface area contributed by atoms with Gasteiger partial charge in [0.25, 0.3) is 0 Å². The molecule has 0 saturated carbocycles. The standard InChI is InChI=1S/C14H17N3O2S/c1-19-14(18)11-6-4-7-12-15-16-13(17(11)12)9-10-5-2-3-8-20-10/h4,6-7,10H,2-3,5,8-9H2,1H3. The second kappa shape index (κ2) is 5.83. The summed E-state index contributed by atoms with van der Waals surface area (Å²) < 4.78 is 6.66. The van der Waals surface area contributed by atoms with Gasteiger partial charge >= 0.3 is 5.97 Å². The first kappa shape index (κ1) is 13.4. The summed E-state index contributed by atoms with van der Waals surface area (Å²) in [5, 5.41) is 8.99. The summed E-state index contributed by atoms with van der Waals surface area (Å²) in [6.07, 6.45) is 4.63. The number of carbonyl (C=O) groups excluding carboxylic acids is 1. The minimum absolute atomic E-state index is 0.354. The smallest absolute Gasteiger partial charge is 0.355 e. The molecule has 1 atom stereocenters. The molecule has 0 bridgehead atoms. The van der Waals surface area contributed by atoms with Crippen LogP contribution in [0.3, 0.4) is 0 Å². The number of nitrogens with zero attached hydrogens (tertiary/aromatic N) is 3. The molecular formula is C14H17N3O2S. The zero-order valence-electron chi connectivity index (χ0n) is 11.4. The molecule has 1 fully saturated rings. The van der Waals surface area contributed by atoms with E-state index in [1.807, 2.05) is 22.2 Å². The molecular weight excluding hydrogens is 274 g/mol. The molecule has 1 aliphatic rings. The molecule has 1 saturated heterocycles. The molecule has 0 aromatic carbocycles. The van der Waals surface area contributed by atoms with Gasteiger partial charge in [0.1, 0.15) is 11.5 Å². The Labute approximate surface area is 121 Å². The van der Waals surface area contributed by atoms with Crippen LogP contribution < -0.4 is 0 Å². The van der Waals surface area contributed by atoms with Crippen molar-refractivity contribution in [3.8, 4) is 0 Å². The van der Waals surface area contributed by atoms with Crippen LogP contribution in [-0.4, -0.2) is 38.7 Å². The van der Waals surface area contributed by atoms with Crippen LogP contribution in [0.4, 0.5) is 0 Å². The fourth-order valence-electron chi connectivity index (χ4n) is 2.57. The Hall–Kier alpha value is -1.56. The number of hydrogen-bond donors (Lipinski definition) is 0. The van der Waals surface area contributed by atoms with Crippen molar-refractivity contribution in [3.05, 3.63) is 29.7 Å². The van der Waals surface area contributed by atoms with E-state index >= 15 is 0 Å². The van der Waals surface area contributed by atoms with Crippen molar-refractivity contribution in [1.29, 1.82) is 0 Å². The van der Waals surface area contributed by atoms with Gasteiger partial charge in [0, 0.05) is 11.7 Å². The molecule has 2 aromatic heterocycles. The maximum absolute atomic E-state index is 11.9. The maximum atomic E-state index is 11.9. The molecule has 5 nitrogen and oxygen atoms in total. The van der Waals surface area contributed by atoms with E-state index in [0.29, 0.717) is 16.6 Å². The molecule has 0 N–H and O–H groups in total. The molecule has 0 amide bonds. The number of fused-ring (bicyclic) bond motifs is 1. The van der Waals surface area contributed by atoms with Crippen molar-refractivity contribution >= 4 is 23.4 Å². The highest BCUT2D eigenvalue weighted by atomic mass is 32.2. The number of esters is 1. The molecule has 0 aliphatic carbocycles. The topological polar surface area (TPSA) is 56.5 Å². The summed E-state index contributed by atoms with van der Waals surface area (Å²) in [6.45, 7) is 0. The average Bonchev–Trinajstić information content (AvgIpc) is 2.91. The first-order valence-corrected chi connectivity index (χ1v) is 7.87. The zero-order chi connectivity index (χ0) is 13.9. The molecule has 3 heterocycles. The van der Waals surface area contributed by atoms with Crippen molar-refractivity contribution in [2.75, 3.05) is 12.9 Å². The quantitative estimate of drug-likeness (QED) is 0.812. The van der Waals surface area contributed by atoms with E-state index < -0.39 is 0 Å². The molecule has 3 rings (SSSR count). The van der Waals surface area contributed by atoms with Crippen molar-refractivity contribution in [3.63, 3.8) is 0 Å². The number of pyridine rings is 1. The van der Waals surface area contributed by atoms with E-state index in [0.717, 1.165) is 12.2 Å². The highest BCUT2D eigenvalue weighted by Crippen LogP contribution is 2.27. The second-order valence-electron chi connectivity index (χ2n) is 4.91. The third kappa shape index (κ3) is 2.52. The highest BCUT2D eigenvalue weighted by molar-refractivity contribution is 7.99. The van der Waals surface area contributed by atoms with Gasteiger partial charge in [-0.05, 0) is 30.7 Å². The summed E-state index contributed by atoms with van der Waals surface area (Å²) in [5.74, 6) is 1.71. The average molecular weight is 291 g/mol. The van der Waals surface area contributed by atoms with Gasteiger partial charge in [-0.3, -0.25) is 4.40 Å². The van der Waals surface area contributed by atoms with Crippen LogP contribution in [-0.2, 0) is 11.2 Å². The second-order valence-corrected chi connectivity index (χ2v) is 6.31. The fraction of sp³-hybridized carbons (Fsp3) is 0.500. The van der Waals surface area contributed by atoms with Crippen molar-refractivity contribution < 1.29 is 9.53 Å². The van der Waals surface area contributed by atoms with Gasteiger partial charge in [-0.15, -0.1) is 10.2 Å². The molecule has 6 heteroatoms. The first-order chi connectivity index (χ1) is 9.79. The number of carbonyl (C=O) groups is 1. The van der Waals surface area contributed by atoms with Crippen LogP contribution >= 0.6 is 11.8 Å². The lowest BCUT2D eigenvalue weighted by atomic mass is 10.1. The van der Waals surface area contributed by atoms with Crippen LogP contribution in [0.5, 0.6) is 0 Å². The Kier molecular flexibility index (Phi) is 3.91. The van der Waals surface area contributed by atoms with Crippen LogP contribution in [0, 0.1) is 0 Å². The maximum Gasteiger partial charge on any atom is 0.355 e. The van der Waals surface area contributed by atoms with Gasteiger partial charge in [-0.1, -0.05) is 12.5 Å². The van der Waals surface area contributed by atoms with E-state index in [2.05, 4.69) is 10.2 Å². The number of methoxy groups -OCH3 is 1. The third-order valence-electron chi connectivity index (χ3n) is 3.57. The van der Waals surface area contributed by atoms with Gasteiger partial charge in [-0.25, -0.2) is 4.79 Å². The van der Waals surface area contributed by atoms with Gasteiger partial charge in [0.15, 0.2) is 5.65 Å². The molecule has 2 aromatic rings. The van der Waals surface area contributed by atoms with E-state index in [1.54, 1.807) is 12.1 Å². The van der Waals surface area contributed by atoms with Crippen LogP contribution in [0.15, 0.2) is 18.2 Å². The molecule has 1 unspecified atom stereocenters. The fourth-order valence-corrected chi connectivity index (χ4v) is 3.87. The molecule has 0 radical (unpaired) electrons. The van der Waals surface area contributed by atoms with E-state index in [9.17, 15) is 4.79 Å². The number of ether oxygens (including phenoxy) is 1. The van der Waals surface area contributed by atoms with Crippen molar-refractivity contribution in [2.24, 2.45) is 0 Å². The van der Waals surface area contributed by atoms with Gasteiger partial charge < -0.3 is 4.74 Å². The van der Waals surface area contributed by atoms with Crippen LogP contribution in [0.1, 0.15) is 35.6 Å². The number of aromatic nitrogens is 3. The molecule has 1 aliphatic heterocycles. The van der Waals surface area contributed by atoms with Crippen LogP contribution in [0.25, 0.3) is 5.65 Å².